The summed E-state index contributed by atoms with van der Waals surface area (Å²) < 4.78 is 0. The zero-order chi connectivity index (χ0) is 16.8. The van der Waals surface area contributed by atoms with E-state index in [1.165, 1.54) is 63.9 Å². The lowest BCUT2D eigenvalue weighted by Crippen LogP contribution is -2.29. The molecule has 0 radical (unpaired) electrons. The van der Waals surface area contributed by atoms with Crippen molar-refractivity contribution in [3.8, 4) is 23.7 Å². The van der Waals surface area contributed by atoms with Gasteiger partial charge in [-0.1, -0.05) is 76.4 Å². The molecule has 0 bridgehead atoms. The third kappa shape index (κ3) is 11.9. The molecule has 2 N–H and O–H groups in total. The standard InChI is InChI=1S/C21H33NO/c1-3-5-6-7-8-9-10-13-20(22-18-19-16-17-19)14-11-12-15-21(23)4-2/h4,19-23H,2-3,5-10,13,16-18H2,1H3/t20-,21+/m1/s1. The fourth-order valence-corrected chi connectivity index (χ4v) is 2.45. The van der Waals surface area contributed by atoms with Gasteiger partial charge in [0.1, 0.15) is 6.10 Å². The van der Waals surface area contributed by atoms with Gasteiger partial charge in [-0.15, -0.1) is 0 Å². The molecule has 0 aliphatic heterocycles. The van der Waals surface area contributed by atoms with Gasteiger partial charge in [-0.05, 0) is 43.6 Å². The SMILES string of the molecule is C=C[C@H](O)C#CC#C[C@@H](CCCCCCCCC)NCC1CC1. The van der Waals surface area contributed by atoms with Gasteiger partial charge in [-0.25, -0.2) is 0 Å². The molecule has 1 aliphatic carbocycles. The van der Waals surface area contributed by atoms with E-state index >= 15 is 0 Å². The fraction of sp³-hybridized carbons (Fsp3) is 0.714. The van der Waals surface area contributed by atoms with E-state index in [2.05, 4.69) is 42.5 Å². The van der Waals surface area contributed by atoms with Crippen molar-refractivity contribution in [2.45, 2.75) is 83.3 Å². The van der Waals surface area contributed by atoms with E-state index in [0.29, 0.717) is 0 Å². The molecule has 1 rings (SSSR count). The summed E-state index contributed by atoms with van der Waals surface area (Å²) in [5.41, 5.74) is 0. The van der Waals surface area contributed by atoms with Crippen LogP contribution in [0.15, 0.2) is 12.7 Å². The largest absolute Gasteiger partial charge is 0.377 e. The lowest BCUT2D eigenvalue weighted by Gasteiger charge is -2.12. The van der Waals surface area contributed by atoms with Gasteiger partial charge in [0.2, 0.25) is 0 Å². The predicted molar refractivity (Wildman–Crippen MR) is 98.9 cm³/mol. The zero-order valence-corrected chi connectivity index (χ0v) is 14.7. The number of unbranched alkanes of at least 4 members (excludes halogenated alkanes) is 6. The molecule has 2 atom stereocenters. The second-order valence-electron chi connectivity index (χ2n) is 6.53. The molecule has 1 saturated carbocycles. The molecule has 0 heterocycles. The van der Waals surface area contributed by atoms with Crippen LogP contribution in [0.4, 0.5) is 0 Å². The van der Waals surface area contributed by atoms with E-state index < -0.39 is 6.10 Å². The Morgan fingerprint density at radius 1 is 1.09 bits per heavy atom. The molecular weight excluding hydrogens is 282 g/mol. The van der Waals surface area contributed by atoms with Crippen molar-refractivity contribution in [1.29, 1.82) is 0 Å². The van der Waals surface area contributed by atoms with Crippen LogP contribution in [0.1, 0.15) is 71.1 Å². The highest BCUT2D eigenvalue weighted by Gasteiger charge is 2.21. The zero-order valence-electron chi connectivity index (χ0n) is 14.7. The van der Waals surface area contributed by atoms with Crippen LogP contribution >= 0.6 is 0 Å². The van der Waals surface area contributed by atoms with Gasteiger partial charge >= 0.3 is 0 Å². The number of aliphatic hydroxyl groups is 1. The smallest absolute Gasteiger partial charge is 0.134 e. The Balaban J connectivity index is 2.25. The fourth-order valence-electron chi connectivity index (χ4n) is 2.45. The highest BCUT2D eigenvalue weighted by atomic mass is 16.3. The monoisotopic (exact) mass is 315 g/mol. The number of aliphatic hydroxyl groups excluding tert-OH is 1. The van der Waals surface area contributed by atoms with Gasteiger partial charge < -0.3 is 10.4 Å². The van der Waals surface area contributed by atoms with Crippen molar-refractivity contribution in [2.24, 2.45) is 5.92 Å². The van der Waals surface area contributed by atoms with Crippen LogP contribution < -0.4 is 5.32 Å². The first-order valence-corrected chi connectivity index (χ1v) is 9.31. The third-order valence-electron chi connectivity index (χ3n) is 4.20. The molecule has 2 nitrogen and oxygen atoms in total. The quantitative estimate of drug-likeness (QED) is 0.323. The molecule has 2 heteroatoms. The average Bonchev–Trinajstić information content (AvgIpc) is 3.38. The Hall–Kier alpha value is -1.22. The minimum Gasteiger partial charge on any atom is -0.377 e. The van der Waals surface area contributed by atoms with E-state index in [9.17, 15) is 5.11 Å². The minimum absolute atomic E-state index is 0.237. The maximum Gasteiger partial charge on any atom is 0.134 e. The Labute approximate surface area is 143 Å². The van der Waals surface area contributed by atoms with Crippen molar-refractivity contribution < 1.29 is 5.11 Å². The molecule has 0 amide bonds. The maximum atomic E-state index is 9.29. The molecule has 128 valence electrons. The second kappa shape index (κ2) is 13.2. The van der Waals surface area contributed by atoms with E-state index in [-0.39, 0.29) is 6.04 Å². The molecule has 23 heavy (non-hydrogen) atoms. The van der Waals surface area contributed by atoms with Gasteiger partial charge in [0, 0.05) is 0 Å². The van der Waals surface area contributed by atoms with Gasteiger partial charge in [-0.3, -0.25) is 0 Å². The Morgan fingerprint density at radius 3 is 2.39 bits per heavy atom. The average molecular weight is 316 g/mol. The third-order valence-corrected chi connectivity index (χ3v) is 4.20. The van der Waals surface area contributed by atoms with Gasteiger partial charge in [0.15, 0.2) is 0 Å². The van der Waals surface area contributed by atoms with Crippen LogP contribution in [0.25, 0.3) is 0 Å². The summed E-state index contributed by atoms with van der Waals surface area (Å²) in [6, 6.07) is 0.237. The summed E-state index contributed by atoms with van der Waals surface area (Å²) >= 11 is 0. The molecule has 0 unspecified atom stereocenters. The first kappa shape index (κ1) is 19.8. The van der Waals surface area contributed by atoms with Crippen molar-refractivity contribution in [3.05, 3.63) is 12.7 Å². The maximum absolute atomic E-state index is 9.29. The number of hydrogen-bond acceptors (Lipinski definition) is 2. The Morgan fingerprint density at radius 2 is 1.74 bits per heavy atom. The van der Waals surface area contributed by atoms with Crippen molar-refractivity contribution >= 4 is 0 Å². The number of hydrogen-bond donors (Lipinski definition) is 2. The van der Waals surface area contributed by atoms with Crippen LogP contribution in [-0.2, 0) is 0 Å². The van der Waals surface area contributed by atoms with Crippen LogP contribution in [0.3, 0.4) is 0 Å². The number of nitrogens with one attached hydrogen (secondary N) is 1. The van der Waals surface area contributed by atoms with Crippen LogP contribution in [0.2, 0.25) is 0 Å². The predicted octanol–water partition coefficient (Wildman–Crippen LogP) is 4.05. The number of rotatable bonds is 12. The highest BCUT2D eigenvalue weighted by Crippen LogP contribution is 2.27. The second-order valence-corrected chi connectivity index (χ2v) is 6.53. The van der Waals surface area contributed by atoms with Crippen molar-refractivity contribution in [2.75, 3.05) is 6.54 Å². The first-order chi connectivity index (χ1) is 11.3. The van der Waals surface area contributed by atoms with Crippen LogP contribution in [-0.4, -0.2) is 23.8 Å². The summed E-state index contributed by atoms with van der Waals surface area (Å²) in [5.74, 6) is 12.3. The topological polar surface area (TPSA) is 32.3 Å². The van der Waals surface area contributed by atoms with Crippen LogP contribution in [0.5, 0.6) is 0 Å². The summed E-state index contributed by atoms with van der Waals surface area (Å²) in [6.07, 6.45) is 13.7. The van der Waals surface area contributed by atoms with Crippen LogP contribution in [0, 0.1) is 29.6 Å². The van der Waals surface area contributed by atoms with Gasteiger partial charge in [0.25, 0.3) is 0 Å². The molecule has 0 saturated heterocycles. The highest BCUT2D eigenvalue weighted by molar-refractivity contribution is 5.30. The lowest BCUT2D eigenvalue weighted by molar-refractivity contribution is 0.281. The normalized spacial score (nSPS) is 15.7. The Bertz CT molecular complexity index is 430. The van der Waals surface area contributed by atoms with E-state index in [1.807, 2.05) is 0 Å². The van der Waals surface area contributed by atoms with E-state index in [1.54, 1.807) is 0 Å². The molecule has 0 aromatic rings. The molecule has 1 aliphatic rings. The summed E-state index contributed by atoms with van der Waals surface area (Å²) in [4.78, 5) is 0. The molecule has 0 aromatic carbocycles. The molecule has 0 spiro atoms. The van der Waals surface area contributed by atoms with Gasteiger partial charge in [-0.2, -0.15) is 0 Å². The first-order valence-electron chi connectivity index (χ1n) is 9.31. The molecule has 0 aromatic heterocycles. The molecular formula is C21H33NO. The minimum atomic E-state index is -0.773. The van der Waals surface area contributed by atoms with E-state index in [0.717, 1.165) is 18.9 Å². The summed E-state index contributed by atoms with van der Waals surface area (Å²) in [5, 5.41) is 12.9. The van der Waals surface area contributed by atoms with Crippen molar-refractivity contribution in [1.82, 2.24) is 5.32 Å². The van der Waals surface area contributed by atoms with Crippen molar-refractivity contribution in [3.63, 3.8) is 0 Å². The van der Waals surface area contributed by atoms with Gasteiger partial charge in [0.05, 0.1) is 6.04 Å². The summed E-state index contributed by atoms with van der Waals surface area (Å²) in [7, 11) is 0. The summed E-state index contributed by atoms with van der Waals surface area (Å²) in [6.45, 7) is 6.83. The Kier molecular flexibility index (Phi) is 11.4. The van der Waals surface area contributed by atoms with E-state index in [4.69, 9.17) is 0 Å². The lowest BCUT2D eigenvalue weighted by atomic mass is 10.0. The molecule has 1 fully saturated rings.